The number of carbonyl (C=O) groups is 1. The monoisotopic (exact) mass is 442 g/mol. The summed E-state index contributed by atoms with van der Waals surface area (Å²) < 4.78 is 33.6. The number of nitrogens with zero attached hydrogens (tertiary/aromatic N) is 1. The van der Waals surface area contributed by atoms with Crippen molar-refractivity contribution in [2.75, 3.05) is 18.4 Å². The number of benzene rings is 2. The molecule has 3 aromatic rings. The summed E-state index contributed by atoms with van der Waals surface area (Å²) in [5, 5.41) is 1.89. The standard InChI is InChI=1S/C22H22N2O4S2/c1-15-12-19(28-2)7-8-21(15)30(26,27)23-18-6-5-16-9-10-24(14-17(16)13-18)22(25)20-4-3-11-29-20/h3-8,11-13,23H,9-10,14H2,1-2H3. The van der Waals surface area contributed by atoms with Crippen LogP contribution in [0.3, 0.4) is 0 Å². The van der Waals surface area contributed by atoms with Crippen molar-refractivity contribution in [1.29, 1.82) is 0 Å². The molecule has 0 saturated heterocycles. The molecule has 1 aliphatic heterocycles. The third kappa shape index (κ3) is 4.06. The molecule has 0 unspecified atom stereocenters. The normalized spacial score (nSPS) is 13.6. The first-order chi connectivity index (χ1) is 14.4. The van der Waals surface area contributed by atoms with E-state index in [1.54, 1.807) is 37.1 Å². The summed E-state index contributed by atoms with van der Waals surface area (Å²) in [4.78, 5) is 15.4. The first kappa shape index (κ1) is 20.4. The van der Waals surface area contributed by atoms with E-state index in [0.717, 1.165) is 17.5 Å². The van der Waals surface area contributed by atoms with Gasteiger partial charge in [0.25, 0.3) is 15.9 Å². The van der Waals surface area contributed by atoms with Crippen LogP contribution in [0.5, 0.6) is 5.75 Å². The Kier molecular flexibility index (Phi) is 5.53. The molecule has 4 rings (SSSR count). The Labute approximate surface area is 180 Å². The van der Waals surface area contributed by atoms with Crippen molar-refractivity contribution in [2.45, 2.75) is 24.8 Å². The lowest BCUT2D eigenvalue weighted by Crippen LogP contribution is -2.35. The fraction of sp³-hybridized carbons (Fsp3) is 0.227. The second-order valence-corrected chi connectivity index (χ2v) is 9.77. The number of rotatable bonds is 5. The van der Waals surface area contributed by atoms with Gasteiger partial charge in [-0.05, 0) is 71.8 Å². The molecule has 156 valence electrons. The van der Waals surface area contributed by atoms with E-state index in [2.05, 4.69) is 4.72 Å². The Hall–Kier alpha value is -2.84. The number of nitrogens with one attached hydrogen (secondary N) is 1. The summed E-state index contributed by atoms with van der Waals surface area (Å²) in [7, 11) is -2.20. The lowest BCUT2D eigenvalue weighted by molar-refractivity contribution is 0.0739. The van der Waals surface area contributed by atoms with Gasteiger partial charge in [-0.25, -0.2) is 8.42 Å². The highest BCUT2D eigenvalue weighted by Gasteiger charge is 2.24. The van der Waals surface area contributed by atoms with E-state index in [-0.39, 0.29) is 10.8 Å². The number of thiophene rings is 1. The summed E-state index contributed by atoms with van der Waals surface area (Å²) in [5.41, 5.74) is 3.17. The molecule has 0 aliphatic carbocycles. The van der Waals surface area contributed by atoms with Gasteiger partial charge in [-0.2, -0.15) is 0 Å². The zero-order valence-electron chi connectivity index (χ0n) is 16.7. The molecule has 0 radical (unpaired) electrons. The van der Waals surface area contributed by atoms with Gasteiger partial charge in [0.15, 0.2) is 0 Å². The molecular weight excluding hydrogens is 420 g/mol. The molecule has 8 heteroatoms. The van der Waals surface area contributed by atoms with Crippen LogP contribution >= 0.6 is 11.3 Å². The van der Waals surface area contributed by atoms with Crippen LogP contribution in [0.4, 0.5) is 5.69 Å². The number of carbonyl (C=O) groups excluding carboxylic acids is 1. The smallest absolute Gasteiger partial charge is 0.264 e. The van der Waals surface area contributed by atoms with E-state index in [4.69, 9.17) is 4.74 Å². The average molecular weight is 443 g/mol. The Bertz CT molecular complexity index is 1190. The maximum absolute atomic E-state index is 12.9. The van der Waals surface area contributed by atoms with Gasteiger partial charge in [-0.3, -0.25) is 9.52 Å². The Morgan fingerprint density at radius 1 is 1.13 bits per heavy atom. The van der Waals surface area contributed by atoms with Crippen molar-refractivity contribution < 1.29 is 17.9 Å². The van der Waals surface area contributed by atoms with E-state index >= 15 is 0 Å². The van der Waals surface area contributed by atoms with Crippen molar-refractivity contribution in [2.24, 2.45) is 0 Å². The van der Waals surface area contributed by atoms with E-state index in [1.807, 2.05) is 29.6 Å². The highest BCUT2D eigenvalue weighted by Crippen LogP contribution is 2.27. The first-order valence-electron chi connectivity index (χ1n) is 9.49. The highest BCUT2D eigenvalue weighted by atomic mass is 32.2. The molecule has 0 fully saturated rings. The van der Waals surface area contributed by atoms with E-state index < -0.39 is 10.0 Å². The van der Waals surface area contributed by atoms with Gasteiger partial charge in [0, 0.05) is 18.8 Å². The Morgan fingerprint density at radius 3 is 2.67 bits per heavy atom. The summed E-state index contributed by atoms with van der Waals surface area (Å²) >= 11 is 1.43. The van der Waals surface area contributed by atoms with Gasteiger partial charge >= 0.3 is 0 Å². The largest absolute Gasteiger partial charge is 0.497 e. The summed E-state index contributed by atoms with van der Waals surface area (Å²) in [6, 6.07) is 14.1. The number of aryl methyl sites for hydroxylation is 1. The maximum atomic E-state index is 12.9. The van der Waals surface area contributed by atoms with Gasteiger partial charge in [0.05, 0.1) is 16.9 Å². The van der Waals surface area contributed by atoms with Crippen LogP contribution in [0.15, 0.2) is 58.8 Å². The molecule has 6 nitrogen and oxygen atoms in total. The first-order valence-corrected chi connectivity index (χ1v) is 11.9. The predicted octanol–water partition coefficient (Wildman–Crippen LogP) is 4.06. The zero-order valence-corrected chi connectivity index (χ0v) is 18.3. The van der Waals surface area contributed by atoms with Crippen molar-refractivity contribution in [3.05, 3.63) is 75.5 Å². The Morgan fingerprint density at radius 2 is 1.97 bits per heavy atom. The number of fused-ring (bicyclic) bond motifs is 1. The van der Waals surface area contributed by atoms with Crippen LogP contribution < -0.4 is 9.46 Å². The van der Waals surface area contributed by atoms with Gasteiger partial charge in [-0.1, -0.05) is 12.1 Å². The minimum absolute atomic E-state index is 0.00971. The summed E-state index contributed by atoms with van der Waals surface area (Å²) in [5.74, 6) is 0.617. The molecule has 1 aliphatic rings. The van der Waals surface area contributed by atoms with Gasteiger partial charge in [0.2, 0.25) is 0 Å². The third-order valence-electron chi connectivity index (χ3n) is 5.16. The van der Waals surface area contributed by atoms with Crippen LogP contribution in [0.2, 0.25) is 0 Å². The zero-order chi connectivity index (χ0) is 21.3. The van der Waals surface area contributed by atoms with Crippen LogP contribution in [0.1, 0.15) is 26.4 Å². The third-order valence-corrected chi connectivity index (χ3v) is 7.56. The SMILES string of the molecule is COc1ccc(S(=O)(=O)Nc2ccc3c(c2)CN(C(=O)c2cccs2)CC3)c(C)c1. The number of hydrogen-bond donors (Lipinski definition) is 1. The second-order valence-electron chi connectivity index (χ2n) is 7.17. The van der Waals surface area contributed by atoms with Crippen molar-refractivity contribution in [1.82, 2.24) is 4.90 Å². The topological polar surface area (TPSA) is 75.7 Å². The summed E-state index contributed by atoms with van der Waals surface area (Å²) in [6.07, 6.45) is 0.747. The molecule has 0 bridgehead atoms. The minimum Gasteiger partial charge on any atom is -0.497 e. The van der Waals surface area contributed by atoms with Crippen molar-refractivity contribution in [3.8, 4) is 5.75 Å². The molecule has 0 saturated carbocycles. The second kappa shape index (κ2) is 8.12. The molecule has 1 aromatic heterocycles. The van der Waals surface area contributed by atoms with Gasteiger partial charge < -0.3 is 9.64 Å². The fourth-order valence-corrected chi connectivity index (χ4v) is 5.58. The molecule has 2 heterocycles. The van der Waals surface area contributed by atoms with E-state index in [9.17, 15) is 13.2 Å². The lowest BCUT2D eigenvalue weighted by atomic mass is 9.99. The van der Waals surface area contributed by atoms with Crippen LogP contribution in [0.25, 0.3) is 0 Å². The minimum atomic E-state index is -3.75. The molecular formula is C22H22N2O4S2. The number of amides is 1. The Balaban J connectivity index is 1.56. The quantitative estimate of drug-likeness (QED) is 0.646. The number of hydrogen-bond acceptors (Lipinski definition) is 5. The molecule has 0 spiro atoms. The molecule has 2 aromatic carbocycles. The number of methoxy groups -OCH3 is 1. The van der Waals surface area contributed by atoms with Crippen molar-refractivity contribution >= 4 is 33.0 Å². The molecule has 1 N–H and O–H groups in total. The van der Waals surface area contributed by atoms with Gasteiger partial charge in [0.1, 0.15) is 5.75 Å². The van der Waals surface area contributed by atoms with Crippen LogP contribution in [-0.4, -0.2) is 32.9 Å². The fourth-order valence-electron chi connectivity index (χ4n) is 3.61. The number of anilines is 1. The maximum Gasteiger partial charge on any atom is 0.264 e. The molecule has 0 atom stereocenters. The van der Waals surface area contributed by atoms with Gasteiger partial charge in [-0.15, -0.1) is 11.3 Å². The number of sulfonamides is 1. The van der Waals surface area contributed by atoms with Crippen LogP contribution in [0, 0.1) is 6.92 Å². The summed E-state index contributed by atoms with van der Waals surface area (Å²) in [6.45, 7) is 2.85. The molecule has 30 heavy (non-hydrogen) atoms. The van der Waals surface area contributed by atoms with Crippen LogP contribution in [-0.2, 0) is 23.0 Å². The average Bonchev–Trinajstić information content (AvgIpc) is 3.27. The van der Waals surface area contributed by atoms with E-state index in [1.165, 1.54) is 17.4 Å². The predicted molar refractivity (Wildman–Crippen MR) is 118 cm³/mol. The lowest BCUT2D eigenvalue weighted by Gasteiger charge is -2.29. The van der Waals surface area contributed by atoms with Crippen molar-refractivity contribution in [3.63, 3.8) is 0 Å². The van der Waals surface area contributed by atoms with E-state index in [0.29, 0.717) is 35.0 Å². The highest BCUT2D eigenvalue weighted by molar-refractivity contribution is 7.92. The number of ether oxygens (including phenoxy) is 1. The molecule has 1 amide bonds.